The van der Waals surface area contributed by atoms with Gasteiger partial charge in [0.25, 0.3) is 0 Å². The van der Waals surface area contributed by atoms with E-state index in [9.17, 15) is 4.79 Å². The Morgan fingerprint density at radius 2 is 2.38 bits per heavy atom. The van der Waals surface area contributed by atoms with Crippen LogP contribution in [0.1, 0.15) is 6.92 Å². The zero-order valence-corrected chi connectivity index (χ0v) is 5.31. The van der Waals surface area contributed by atoms with Crippen LogP contribution in [-0.2, 0) is 9.53 Å². The summed E-state index contributed by atoms with van der Waals surface area (Å²) in [6, 6.07) is 0. The molecule has 0 fully saturated rings. The van der Waals surface area contributed by atoms with E-state index in [0.717, 1.165) is 6.32 Å². The quantitative estimate of drug-likeness (QED) is 0.306. The highest BCUT2D eigenvalue weighted by atomic mass is 16.5. The fourth-order valence-corrected chi connectivity index (χ4v) is 0.321. The van der Waals surface area contributed by atoms with Crippen molar-refractivity contribution in [2.24, 2.45) is 0 Å². The van der Waals surface area contributed by atoms with Crippen molar-refractivity contribution < 1.29 is 9.53 Å². The van der Waals surface area contributed by atoms with Crippen molar-refractivity contribution in [3.8, 4) is 0 Å². The Labute approximate surface area is 50.5 Å². The highest BCUT2D eigenvalue weighted by molar-refractivity contribution is 6.33. The number of hydrogen-bond donors (Lipinski definition) is 0. The zero-order chi connectivity index (χ0) is 6.41. The number of ether oxygens (including phenoxy) is 1. The minimum Gasteiger partial charge on any atom is -0.467 e. The molecule has 0 aliphatic heterocycles. The van der Waals surface area contributed by atoms with Crippen LogP contribution in [-0.4, -0.2) is 19.9 Å². The van der Waals surface area contributed by atoms with Gasteiger partial charge in [-0.1, -0.05) is 6.82 Å². The lowest BCUT2D eigenvalue weighted by molar-refractivity contribution is -0.140. The van der Waals surface area contributed by atoms with E-state index in [2.05, 4.69) is 4.74 Å². The highest BCUT2D eigenvalue weighted by Gasteiger charge is 1.88. The molecule has 0 atom stereocenters. The molecule has 0 unspecified atom stereocenters. The van der Waals surface area contributed by atoms with Crippen molar-refractivity contribution >= 4 is 13.2 Å². The molecule has 0 spiro atoms. The van der Waals surface area contributed by atoms with Crippen LogP contribution in [0, 0.1) is 0 Å². The first-order valence-corrected chi connectivity index (χ1v) is 2.68. The van der Waals surface area contributed by atoms with Crippen LogP contribution in [0.2, 0.25) is 13.1 Å². The SMILES string of the molecule is C[B]CCOC(C)=O. The van der Waals surface area contributed by atoms with Crippen LogP contribution in [0.15, 0.2) is 0 Å². The van der Waals surface area contributed by atoms with E-state index in [4.69, 9.17) is 0 Å². The third kappa shape index (κ3) is 5.53. The molecule has 8 heavy (non-hydrogen) atoms. The summed E-state index contributed by atoms with van der Waals surface area (Å²) < 4.78 is 4.61. The van der Waals surface area contributed by atoms with Gasteiger partial charge in [0.1, 0.15) is 7.28 Å². The number of carbonyl (C=O) groups excluding carboxylic acids is 1. The van der Waals surface area contributed by atoms with Gasteiger partial charge in [-0.25, -0.2) is 0 Å². The summed E-state index contributed by atoms with van der Waals surface area (Å²) in [6.45, 7) is 3.87. The van der Waals surface area contributed by atoms with Crippen LogP contribution < -0.4 is 0 Å². The second-order valence-electron chi connectivity index (χ2n) is 1.54. The molecule has 0 N–H and O–H groups in total. The van der Waals surface area contributed by atoms with Crippen LogP contribution >= 0.6 is 0 Å². The molecular formula is C5H10BO2. The Bertz CT molecular complexity index is 72.8. The maximum absolute atomic E-state index is 10.1. The van der Waals surface area contributed by atoms with E-state index in [1.165, 1.54) is 6.92 Å². The summed E-state index contributed by atoms with van der Waals surface area (Å²) >= 11 is 0. The van der Waals surface area contributed by atoms with Crippen molar-refractivity contribution in [3.63, 3.8) is 0 Å². The van der Waals surface area contributed by atoms with Gasteiger partial charge >= 0.3 is 5.97 Å². The highest BCUT2D eigenvalue weighted by Crippen LogP contribution is 1.81. The molecule has 3 heteroatoms. The van der Waals surface area contributed by atoms with E-state index in [-0.39, 0.29) is 5.97 Å². The number of esters is 1. The largest absolute Gasteiger partial charge is 0.467 e. The van der Waals surface area contributed by atoms with Crippen molar-refractivity contribution in [2.45, 2.75) is 20.1 Å². The van der Waals surface area contributed by atoms with Crippen molar-refractivity contribution in [2.75, 3.05) is 6.61 Å². The number of carbonyl (C=O) groups is 1. The predicted molar refractivity (Wildman–Crippen MR) is 33.1 cm³/mol. The minimum absolute atomic E-state index is 0.202. The van der Waals surface area contributed by atoms with Gasteiger partial charge < -0.3 is 4.74 Å². The van der Waals surface area contributed by atoms with Gasteiger partial charge in [0.05, 0.1) is 6.61 Å². The molecule has 0 rings (SSSR count). The van der Waals surface area contributed by atoms with E-state index in [1.807, 2.05) is 14.1 Å². The molecule has 45 valence electrons. The van der Waals surface area contributed by atoms with Gasteiger partial charge in [-0.2, -0.15) is 0 Å². The van der Waals surface area contributed by atoms with E-state index >= 15 is 0 Å². The van der Waals surface area contributed by atoms with Crippen LogP contribution in [0.5, 0.6) is 0 Å². The molecule has 2 nitrogen and oxygen atoms in total. The molecule has 0 aliphatic carbocycles. The van der Waals surface area contributed by atoms with E-state index < -0.39 is 0 Å². The lowest BCUT2D eigenvalue weighted by Crippen LogP contribution is -2.01. The lowest BCUT2D eigenvalue weighted by atomic mass is 9.79. The van der Waals surface area contributed by atoms with E-state index in [1.54, 1.807) is 0 Å². The van der Waals surface area contributed by atoms with Gasteiger partial charge in [0.15, 0.2) is 0 Å². The zero-order valence-electron chi connectivity index (χ0n) is 5.31. The van der Waals surface area contributed by atoms with Gasteiger partial charge in [-0.3, -0.25) is 4.79 Å². The maximum atomic E-state index is 10.1. The first-order chi connectivity index (χ1) is 3.77. The first kappa shape index (κ1) is 7.53. The molecule has 0 amide bonds. The molecule has 0 heterocycles. The molecule has 0 aliphatic rings. The molecule has 1 radical (unpaired) electrons. The Kier molecular flexibility index (Phi) is 4.42. The fraction of sp³-hybridized carbons (Fsp3) is 0.800. The third-order valence-corrected chi connectivity index (χ3v) is 0.712. The van der Waals surface area contributed by atoms with Gasteiger partial charge in [-0.05, 0) is 6.32 Å². The smallest absolute Gasteiger partial charge is 0.302 e. The van der Waals surface area contributed by atoms with E-state index in [0.29, 0.717) is 6.61 Å². The molecule has 0 bridgehead atoms. The van der Waals surface area contributed by atoms with Gasteiger partial charge in [0, 0.05) is 6.92 Å². The molecule has 0 aromatic carbocycles. The van der Waals surface area contributed by atoms with Crippen molar-refractivity contribution in [1.29, 1.82) is 0 Å². The summed E-state index contributed by atoms with van der Waals surface area (Å²) in [6.07, 6.45) is 0.847. The monoisotopic (exact) mass is 113 g/mol. The number of rotatable bonds is 3. The standard InChI is InChI=1S/C5H10BO2/c1-5(7)8-4-3-6-2/h3-4H2,1-2H3. The summed E-state index contributed by atoms with van der Waals surface area (Å²) in [7, 11) is 1.96. The summed E-state index contributed by atoms with van der Waals surface area (Å²) in [5.74, 6) is -0.202. The lowest BCUT2D eigenvalue weighted by Gasteiger charge is -1.95. The fourth-order valence-electron chi connectivity index (χ4n) is 0.321. The minimum atomic E-state index is -0.202. The van der Waals surface area contributed by atoms with Gasteiger partial charge in [0.2, 0.25) is 0 Å². The molecule has 0 aromatic rings. The topological polar surface area (TPSA) is 26.3 Å². The summed E-state index contributed by atoms with van der Waals surface area (Å²) in [5, 5.41) is 0. The Morgan fingerprint density at radius 1 is 1.75 bits per heavy atom. The second kappa shape index (κ2) is 4.69. The third-order valence-electron chi connectivity index (χ3n) is 0.712. The summed E-state index contributed by atoms with van der Waals surface area (Å²) in [5.41, 5.74) is 0. The van der Waals surface area contributed by atoms with Gasteiger partial charge in [-0.15, -0.1) is 0 Å². The first-order valence-electron chi connectivity index (χ1n) is 2.68. The average molecular weight is 113 g/mol. The molecule has 0 aromatic heterocycles. The Morgan fingerprint density at radius 3 is 2.75 bits per heavy atom. The van der Waals surface area contributed by atoms with Crippen LogP contribution in [0.4, 0.5) is 0 Å². The molecule has 0 saturated heterocycles. The maximum Gasteiger partial charge on any atom is 0.302 e. The van der Waals surface area contributed by atoms with Crippen LogP contribution in [0.25, 0.3) is 0 Å². The molecule has 0 saturated carbocycles. The number of hydrogen-bond acceptors (Lipinski definition) is 2. The van der Waals surface area contributed by atoms with Crippen molar-refractivity contribution in [1.82, 2.24) is 0 Å². The van der Waals surface area contributed by atoms with Crippen LogP contribution in [0.3, 0.4) is 0 Å². The summed E-state index contributed by atoms with van der Waals surface area (Å²) in [4.78, 5) is 10.1. The van der Waals surface area contributed by atoms with Crippen molar-refractivity contribution in [3.05, 3.63) is 0 Å². The predicted octanol–water partition coefficient (Wildman–Crippen LogP) is 0.720. The second-order valence-corrected chi connectivity index (χ2v) is 1.54. The normalized spacial score (nSPS) is 8.25. The Hall–Kier alpha value is -0.465. The average Bonchev–Trinajstić information content (AvgIpc) is 1.66. The Balaban J connectivity index is 2.82. The molecular weight excluding hydrogens is 103 g/mol.